The van der Waals surface area contributed by atoms with Gasteiger partial charge in [0, 0.05) is 29.8 Å². The minimum absolute atomic E-state index is 0.0194. The van der Waals surface area contributed by atoms with E-state index in [-0.39, 0.29) is 16.7 Å². The fourth-order valence-electron chi connectivity index (χ4n) is 2.86. The van der Waals surface area contributed by atoms with Crippen LogP contribution in [-0.4, -0.2) is 42.6 Å². The topological polar surface area (TPSA) is 63.7 Å². The van der Waals surface area contributed by atoms with Crippen molar-refractivity contribution in [3.05, 3.63) is 53.6 Å². The molecule has 7 heteroatoms. The lowest BCUT2D eigenvalue weighted by Crippen LogP contribution is -2.45. The summed E-state index contributed by atoms with van der Waals surface area (Å²) in [5, 5.41) is 0. The molecule has 0 aliphatic heterocycles. The highest BCUT2D eigenvalue weighted by Gasteiger charge is 2.29. The molecule has 0 saturated heterocycles. The summed E-state index contributed by atoms with van der Waals surface area (Å²) in [7, 11) is 2.69. The van der Waals surface area contributed by atoms with Crippen LogP contribution in [0.1, 0.15) is 24.2 Å². The molecule has 0 fully saturated rings. The lowest BCUT2D eigenvalue weighted by molar-refractivity contribution is -0.130. The minimum Gasteiger partial charge on any atom is -0.497 e. The van der Waals surface area contributed by atoms with Crippen LogP contribution in [0.5, 0.6) is 5.75 Å². The van der Waals surface area contributed by atoms with Gasteiger partial charge in [-0.05, 0) is 38.1 Å². The molecule has 5 nitrogen and oxygen atoms in total. The number of amides is 1. The number of benzene rings is 2. The lowest BCUT2D eigenvalue weighted by atomic mass is 10.0. The molecule has 2 rings (SSSR count). The van der Waals surface area contributed by atoms with Gasteiger partial charge in [-0.3, -0.25) is 14.4 Å². The summed E-state index contributed by atoms with van der Waals surface area (Å²) in [6.07, 6.45) is 0. The molecule has 0 unspecified atom stereocenters. The third kappa shape index (κ3) is 4.19. The number of Topliss-reactive ketones (excluding diaryl/α,β-unsaturated/α-hetero) is 2. The molecule has 27 heavy (non-hydrogen) atoms. The average molecular weight is 375 g/mol. The van der Waals surface area contributed by atoms with Gasteiger partial charge in [0.25, 0.3) is 5.91 Å². The average Bonchev–Trinajstić information content (AvgIpc) is 2.60. The predicted octanol–water partition coefficient (Wildman–Crippen LogP) is 3.26. The van der Waals surface area contributed by atoms with Crippen LogP contribution in [0, 0.1) is 11.6 Å². The zero-order valence-electron chi connectivity index (χ0n) is 15.4. The Balaban J connectivity index is 2.37. The summed E-state index contributed by atoms with van der Waals surface area (Å²) in [6.45, 7) is 2.40. The highest BCUT2D eigenvalue weighted by Crippen LogP contribution is 2.29. The number of ketones is 2. The number of halogens is 2. The maximum atomic E-state index is 14.5. The second kappa shape index (κ2) is 8.07. The van der Waals surface area contributed by atoms with E-state index in [9.17, 15) is 23.2 Å². The highest BCUT2D eigenvalue weighted by molar-refractivity contribution is 6.09. The highest BCUT2D eigenvalue weighted by atomic mass is 19.1. The molecule has 0 bridgehead atoms. The molecule has 0 heterocycles. The van der Waals surface area contributed by atoms with Crippen molar-refractivity contribution in [1.82, 2.24) is 4.90 Å². The van der Waals surface area contributed by atoms with E-state index in [0.717, 1.165) is 17.0 Å². The second-order valence-electron chi connectivity index (χ2n) is 6.08. The quantitative estimate of drug-likeness (QED) is 0.727. The smallest absolute Gasteiger partial charge is 0.254 e. The van der Waals surface area contributed by atoms with Crippen LogP contribution >= 0.6 is 0 Å². The van der Waals surface area contributed by atoms with E-state index in [1.807, 2.05) is 0 Å². The molecule has 142 valence electrons. The maximum absolute atomic E-state index is 14.5. The fraction of sp³-hybridized carbons (Fsp3) is 0.250. The molecule has 0 aliphatic carbocycles. The number of carbonyl (C=O) groups excluding carboxylic acids is 3. The van der Waals surface area contributed by atoms with Crippen LogP contribution in [0.25, 0.3) is 11.1 Å². The van der Waals surface area contributed by atoms with Gasteiger partial charge in [-0.1, -0.05) is 6.07 Å². The monoisotopic (exact) mass is 375 g/mol. The van der Waals surface area contributed by atoms with Crippen molar-refractivity contribution < 1.29 is 27.9 Å². The number of nitrogens with zero attached hydrogens (tertiary/aromatic N) is 1. The van der Waals surface area contributed by atoms with Crippen LogP contribution in [0.3, 0.4) is 0 Å². The summed E-state index contributed by atoms with van der Waals surface area (Å²) in [4.78, 5) is 36.7. The fourth-order valence-corrected chi connectivity index (χ4v) is 2.86. The van der Waals surface area contributed by atoms with Crippen molar-refractivity contribution in [2.45, 2.75) is 19.9 Å². The number of hydrogen-bond acceptors (Lipinski definition) is 4. The molecular formula is C20H19F2NO4. The number of likely N-dealkylation sites (N-methyl/N-ethyl adjacent to an activating group) is 1. The van der Waals surface area contributed by atoms with Crippen LogP contribution in [-0.2, 0) is 9.59 Å². The third-order valence-electron chi connectivity index (χ3n) is 4.16. The van der Waals surface area contributed by atoms with E-state index >= 15 is 0 Å². The lowest BCUT2D eigenvalue weighted by Gasteiger charge is -2.24. The van der Waals surface area contributed by atoms with E-state index in [1.54, 1.807) is 0 Å². The Bertz CT molecular complexity index is 897. The molecule has 2 aromatic rings. The predicted molar refractivity (Wildman–Crippen MR) is 95.6 cm³/mol. The molecule has 0 atom stereocenters. The zero-order valence-corrected chi connectivity index (χ0v) is 15.4. The molecule has 0 N–H and O–H groups in total. The normalized spacial score (nSPS) is 10.6. The largest absolute Gasteiger partial charge is 0.497 e. The number of rotatable bonds is 6. The van der Waals surface area contributed by atoms with E-state index in [0.29, 0.717) is 5.75 Å². The molecule has 2 aromatic carbocycles. The van der Waals surface area contributed by atoms with Crippen molar-refractivity contribution >= 4 is 17.5 Å². The van der Waals surface area contributed by atoms with Crippen LogP contribution in [0.2, 0.25) is 0 Å². The Hall–Kier alpha value is -3.09. The van der Waals surface area contributed by atoms with Crippen molar-refractivity contribution in [1.29, 1.82) is 0 Å². The number of methoxy groups -OCH3 is 1. The molecule has 0 spiro atoms. The van der Waals surface area contributed by atoms with Gasteiger partial charge in [0.1, 0.15) is 23.4 Å². The first-order valence-electron chi connectivity index (χ1n) is 8.09. The van der Waals surface area contributed by atoms with Gasteiger partial charge in [-0.15, -0.1) is 0 Å². The van der Waals surface area contributed by atoms with Gasteiger partial charge >= 0.3 is 0 Å². The van der Waals surface area contributed by atoms with Gasteiger partial charge < -0.3 is 9.64 Å². The molecule has 0 saturated carbocycles. The van der Waals surface area contributed by atoms with Crippen molar-refractivity contribution in [3.63, 3.8) is 0 Å². The molecule has 0 aromatic heterocycles. The first kappa shape index (κ1) is 20.2. The number of ether oxygens (including phenoxy) is 1. The van der Waals surface area contributed by atoms with E-state index in [4.69, 9.17) is 4.74 Å². The van der Waals surface area contributed by atoms with Gasteiger partial charge in [0.2, 0.25) is 0 Å². The Labute approximate surface area is 155 Å². The van der Waals surface area contributed by atoms with Gasteiger partial charge in [-0.2, -0.15) is 0 Å². The van der Waals surface area contributed by atoms with Gasteiger partial charge in [0.05, 0.1) is 7.11 Å². The zero-order chi connectivity index (χ0) is 20.3. The summed E-state index contributed by atoms with van der Waals surface area (Å²) < 4.78 is 33.6. The van der Waals surface area contributed by atoms with Crippen molar-refractivity contribution in [2.24, 2.45) is 0 Å². The first-order chi connectivity index (χ1) is 12.7. The van der Waals surface area contributed by atoms with Gasteiger partial charge in [0.15, 0.2) is 11.6 Å². The van der Waals surface area contributed by atoms with E-state index in [1.165, 1.54) is 52.3 Å². The van der Waals surface area contributed by atoms with Crippen molar-refractivity contribution in [3.8, 4) is 16.9 Å². The first-order valence-corrected chi connectivity index (χ1v) is 8.09. The summed E-state index contributed by atoms with van der Waals surface area (Å²) in [5.74, 6) is -2.85. The van der Waals surface area contributed by atoms with Crippen LogP contribution in [0.15, 0.2) is 36.4 Å². The Morgan fingerprint density at radius 2 is 1.44 bits per heavy atom. The Kier molecular flexibility index (Phi) is 6.05. The maximum Gasteiger partial charge on any atom is 0.254 e. The molecule has 0 radical (unpaired) electrons. The molecule has 1 amide bonds. The SMILES string of the molecule is COc1ccc(-c2ccc(C(=O)N(C)C(C(C)=O)C(C)=O)cc2F)c(F)c1. The van der Waals surface area contributed by atoms with E-state index in [2.05, 4.69) is 0 Å². The van der Waals surface area contributed by atoms with E-state index < -0.39 is 35.1 Å². The third-order valence-corrected chi connectivity index (χ3v) is 4.16. The Morgan fingerprint density at radius 3 is 1.89 bits per heavy atom. The van der Waals surface area contributed by atoms with Gasteiger partial charge in [-0.25, -0.2) is 8.78 Å². The van der Waals surface area contributed by atoms with Crippen LogP contribution < -0.4 is 4.74 Å². The minimum atomic E-state index is -1.24. The molecule has 0 aliphatic rings. The molecular weight excluding hydrogens is 356 g/mol. The second-order valence-corrected chi connectivity index (χ2v) is 6.08. The van der Waals surface area contributed by atoms with Crippen molar-refractivity contribution in [2.75, 3.05) is 14.2 Å². The standard InChI is InChI=1S/C20H19F2NO4/c1-11(24)19(12(2)25)23(3)20(26)13-5-7-15(17(21)9-13)16-8-6-14(27-4)10-18(16)22/h5-10,19H,1-4H3. The number of carbonyl (C=O) groups is 3. The van der Waals surface area contributed by atoms with Crippen LogP contribution in [0.4, 0.5) is 8.78 Å². The summed E-state index contributed by atoms with van der Waals surface area (Å²) in [6, 6.07) is 6.31. The summed E-state index contributed by atoms with van der Waals surface area (Å²) >= 11 is 0. The summed E-state index contributed by atoms with van der Waals surface area (Å²) in [5.41, 5.74) is -0.0600. The Morgan fingerprint density at radius 1 is 0.926 bits per heavy atom. The number of hydrogen-bond donors (Lipinski definition) is 0.